The highest BCUT2D eigenvalue weighted by molar-refractivity contribution is 5.84. The highest BCUT2D eigenvalue weighted by atomic mass is 15.3. The molecule has 0 radical (unpaired) electrons. The van der Waals surface area contributed by atoms with Crippen LogP contribution in [0.25, 0.3) is 0 Å². The topological polar surface area (TPSA) is 36.4 Å². The number of rotatable bonds is 2. The Balaban J connectivity index is 2.17. The van der Waals surface area contributed by atoms with Gasteiger partial charge in [-0.2, -0.15) is 5.10 Å². The van der Waals surface area contributed by atoms with E-state index >= 15 is 0 Å². The predicted octanol–water partition coefficient (Wildman–Crippen LogP) is 2.72. The molecular weight excluding hydrogens is 198 g/mol. The third-order valence-electron chi connectivity index (χ3n) is 2.90. The van der Waals surface area contributed by atoms with Gasteiger partial charge in [0.25, 0.3) is 0 Å². The van der Waals surface area contributed by atoms with E-state index in [1.54, 1.807) is 0 Å². The molecule has 1 aromatic rings. The summed E-state index contributed by atoms with van der Waals surface area (Å²) < 4.78 is 0. The zero-order valence-electron chi connectivity index (χ0n) is 10.2. The van der Waals surface area contributed by atoms with Gasteiger partial charge in [-0.05, 0) is 38.3 Å². The van der Waals surface area contributed by atoms with E-state index in [4.69, 9.17) is 0 Å². The second-order valence-electron chi connectivity index (χ2n) is 4.47. The highest BCUT2D eigenvalue weighted by Gasteiger charge is 2.07. The van der Waals surface area contributed by atoms with Crippen molar-refractivity contribution in [3.05, 3.63) is 28.8 Å². The summed E-state index contributed by atoms with van der Waals surface area (Å²) in [5.41, 5.74) is 8.11. The van der Waals surface area contributed by atoms with Crippen molar-refractivity contribution in [3.63, 3.8) is 0 Å². The van der Waals surface area contributed by atoms with E-state index < -0.39 is 0 Å². The second kappa shape index (κ2) is 4.56. The fraction of sp³-hybridized carbons (Fsp3) is 0.462. The molecule has 1 saturated heterocycles. The van der Waals surface area contributed by atoms with E-state index in [9.17, 15) is 0 Å². The number of hydrogen-bond acceptors (Lipinski definition) is 2. The van der Waals surface area contributed by atoms with Crippen molar-refractivity contribution in [3.8, 4) is 0 Å². The van der Waals surface area contributed by atoms with Crippen molar-refractivity contribution in [1.29, 1.82) is 0 Å². The van der Waals surface area contributed by atoms with Gasteiger partial charge in [-0.25, -0.2) is 0 Å². The number of benzene rings is 1. The van der Waals surface area contributed by atoms with E-state index in [1.807, 2.05) is 0 Å². The largest absolute Gasteiger partial charge is 0.372 e. The Hall–Kier alpha value is -1.51. The Labute approximate surface area is 96.9 Å². The van der Waals surface area contributed by atoms with Crippen molar-refractivity contribution >= 4 is 11.5 Å². The number of amidine groups is 1. The molecule has 0 aliphatic carbocycles. The zero-order valence-corrected chi connectivity index (χ0v) is 10.2. The van der Waals surface area contributed by atoms with E-state index in [0.717, 1.165) is 24.5 Å². The molecule has 2 N–H and O–H groups in total. The van der Waals surface area contributed by atoms with Crippen molar-refractivity contribution in [2.75, 3.05) is 12.0 Å². The summed E-state index contributed by atoms with van der Waals surface area (Å²) in [6.07, 6.45) is 2.24. The first-order valence-electron chi connectivity index (χ1n) is 5.81. The van der Waals surface area contributed by atoms with E-state index in [2.05, 4.69) is 48.7 Å². The fourth-order valence-electron chi connectivity index (χ4n) is 2.15. The normalized spacial score (nSPS) is 17.6. The van der Waals surface area contributed by atoms with Gasteiger partial charge in [0.15, 0.2) is 0 Å². The molecule has 0 aromatic heterocycles. The Kier molecular flexibility index (Phi) is 3.13. The van der Waals surface area contributed by atoms with E-state index in [-0.39, 0.29) is 0 Å². The third kappa shape index (κ3) is 2.35. The predicted molar refractivity (Wildman–Crippen MR) is 68.9 cm³/mol. The molecule has 3 heteroatoms. The molecule has 1 aromatic carbocycles. The van der Waals surface area contributed by atoms with Gasteiger partial charge < -0.3 is 5.32 Å². The molecule has 0 unspecified atom stereocenters. The summed E-state index contributed by atoms with van der Waals surface area (Å²) in [5.74, 6) is 1.07. The van der Waals surface area contributed by atoms with Crippen LogP contribution in [0.2, 0.25) is 0 Å². The van der Waals surface area contributed by atoms with Crippen LogP contribution in [0.4, 0.5) is 5.69 Å². The molecule has 16 heavy (non-hydrogen) atoms. The maximum atomic E-state index is 4.40. The van der Waals surface area contributed by atoms with Gasteiger partial charge in [-0.1, -0.05) is 17.7 Å². The van der Waals surface area contributed by atoms with Crippen LogP contribution in [0.1, 0.15) is 29.5 Å². The van der Waals surface area contributed by atoms with Crippen LogP contribution in [-0.4, -0.2) is 12.4 Å². The summed E-state index contributed by atoms with van der Waals surface area (Å²) in [4.78, 5) is 0. The van der Waals surface area contributed by atoms with Gasteiger partial charge >= 0.3 is 0 Å². The molecule has 0 amide bonds. The van der Waals surface area contributed by atoms with Crippen molar-refractivity contribution in [2.24, 2.45) is 5.10 Å². The minimum atomic E-state index is 1.05. The maximum absolute atomic E-state index is 4.40. The molecule has 1 heterocycles. The SMILES string of the molecule is Cc1cc(C)c(N/N=C2/CCCN2)c(C)c1. The molecule has 2 rings (SSSR count). The van der Waals surface area contributed by atoms with Gasteiger partial charge in [-0.3, -0.25) is 5.43 Å². The van der Waals surface area contributed by atoms with Gasteiger partial charge in [0.05, 0.1) is 5.69 Å². The van der Waals surface area contributed by atoms with Gasteiger partial charge in [0, 0.05) is 13.0 Å². The summed E-state index contributed by atoms with van der Waals surface area (Å²) in [5, 5.41) is 7.66. The summed E-state index contributed by atoms with van der Waals surface area (Å²) in [6.45, 7) is 7.40. The Morgan fingerprint density at radius 2 is 1.88 bits per heavy atom. The van der Waals surface area contributed by atoms with Crippen LogP contribution >= 0.6 is 0 Å². The quantitative estimate of drug-likeness (QED) is 0.747. The summed E-state index contributed by atoms with van der Waals surface area (Å²) >= 11 is 0. The molecule has 3 nitrogen and oxygen atoms in total. The Bertz CT molecular complexity index is 390. The number of hydrazone groups is 1. The number of nitrogens with zero attached hydrogens (tertiary/aromatic N) is 1. The molecule has 1 aliphatic rings. The fourth-order valence-corrected chi connectivity index (χ4v) is 2.15. The van der Waals surface area contributed by atoms with Crippen molar-refractivity contribution in [1.82, 2.24) is 5.32 Å². The Morgan fingerprint density at radius 1 is 1.19 bits per heavy atom. The first kappa shape index (κ1) is 11.0. The molecule has 0 bridgehead atoms. The van der Waals surface area contributed by atoms with Crippen LogP contribution < -0.4 is 10.7 Å². The number of hydrogen-bond donors (Lipinski definition) is 2. The second-order valence-corrected chi connectivity index (χ2v) is 4.47. The van der Waals surface area contributed by atoms with Crippen molar-refractivity contribution in [2.45, 2.75) is 33.6 Å². The number of nitrogens with one attached hydrogen (secondary N) is 2. The van der Waals surface area contributed by atoms with Gasteiger partial charge in [-0.15, -0.1) is 0 Å². The minimum Gasteiger partial charge on any atom is -0.372 e. The molecule has 0 saturated carbocycles. The first-order chi connectivity index (χ1) is 7.66. The molecule has 1 aliphatic heterocycles. The van der Waals surface area contributed by atoms with Crippen molar-refractivity contribution < 1.29 is 0 Å². The van der Waals surface area contributed by atoms with Gasteiger partial charge in [0.1, 0.15) is 5.84 Å². The standard InChI is InChI=1S/C13H19N3/c1-9-7-10(2)13(11(3)8-9)16-15-12-5-4-6-14-12/h7-8,16H,4-6H2,1-3H3,(H,14,15). The first-order valence-corrected chi connectivity index (χ1v) is 5.81. The molecule has 1 fully saturated rings. The molecule has 86 valence electrons. The van der Waals surface area contributed by atoms with E-state index in [0.29, 0.717) is 0 Å². The van der Waals surface area contributed by atoms with E-state index in [1.165, 1.54) is 23.1 Å². The molecule has 0 atom stereocenters. The maximum Gasteiger partial charge on any atom is 0.122 e. The average Bonchev–Trinajstić information content (AvgIpc) is 2.68. The monoisotopic (exact) mass is 217 g/mol. The lowest BCUT2D eigenvalue weighted by Crippen LogP contribution is -2.16. The van der Waals surface area contributed by atoms with Gasteiger partial charge in [0.2, 0.25) is 0 Å². The molecule has 0 spiro atoms. The zero-order chi connectivity index (χ0) is 11.5. The highest BCUT2D eigenvalue weighted by Crippen LogP contribution is 2.21. The number of anilines is 1. The lowest BCUT2D eigenvalue weighted by molar-refractivity contribution is 0.912. The lowest BCUT2D eigenvalue weighted by atomic mass is 10.1. The lowest BCUT2D eigenvalue weighted by Gasteiger charge is -2.10. The van der Waals surface area contributed by atoms with Crippen LogP contribution in [0, 0.1) is 20.8 Å². The minimum absolute atomic E-state index is 1.05. The molecular formula is C13H19N3. The van der Waals surface area contributed by atoms with Crippen LogP contribution in [0.15, 0.2) is 17.2 Å². The smallest absolute Gasteiger partial charge is 0.122 e. The summed E-state index contributed by atoms with van der Waals surface area (Å²) in [7, 11) is 0. The average molecular weight is 217 g/mol. The van der Waals surface area contributed by atoms with Crippen LogP contribution in [-0.2, 0) is 0 Å². The third-order valence-corrected chi connectivity index (χ3v) is 2.90. The van der Waals surface area contributed by atoms with Crippen LogP contribution in [0.5, 0.6) is 0 Å². The summed E-state index contributed by atoms with van der Waals surface area (Å²) in [6, 6.07) is 4.36. The van der Waals surface area contributed by atoms with Crippen LogP contribution in [0.3, 0.4) is 0 Å². The Morgan fingerprint density at radius 3 is 2.44 bits per heavy atom. The number of aryl methyl sites for hydroxylation is 3.